The molecular formula is C19H20N4O. The maximum absolute atomic E-state index is 5.97. The predicted octanol–water partition coefficient (Wildman–Crippen LogP) is 4.15. The quantitative estimate of drug-likeness (QED) is 0.739. The maximum Gasteiger partial charge on any atom is 0.224 e. The van der Waals surface area contributed by atoms with Crippen LogP contribution in [0.25, 0.3) is 0 Å². The summed E-state index contributed by atoms with van der Waals surface area (Å²) < 4.78 is 5.97. The van der Waals surface area contributed by atoms with Crippen LogP contribution in [0.4, 0.5) is 5.95 Å². The Morgan fingerprint density at radius 3 is 2.54 bits per heavy atom. The molecule has 0 saturated heterocycles. The van der Waals surface area contributed by atoms with Gasteiger partial charge in [-0.15, -0.1) is 0 Å². The first-order valence-electron chi connectivity index (χ1n) is 7.98. The van der Waals surface area contributed by atoms with E-state index in [1.165, 1.54) is 0 Å². The van der Waals surface area contributed by atoms with Gasteiger partial charge >= 0.3 is 0 Å². The van der Waals surface area contributed by atoms with E-state index >= 15 is 0 Å². The fourth-order valence-electron chi connectivity index (χ4n) is 2.23. The van der Waals surface area contributed by atoms with Crippen LogP contribution in [0.15, 0.2) is 55.0 Å². The molecule has 1 N–H and O–H groups in total. The van der Waals surface area contributed by atoms with Gasteiger partial charge in [-0.05, 0) is 36.6 Å². The summed E-state index contributed by atoms with van der Waals surface area (Å²) in [5.41, 5.74) is 3.13. The van der Waals surface area contributed by atoms with Gasteiger partial charge in [0.2, 0.25) is 11.8 Å². The van der Waals surface area contributed by atoms with Crippen molar-refractivity contribution >= 4 is 5.95 Å². The molecule has 0 radical (unpaired) electrons. The summed E-state index contributed by atoms with van der Waals surface area (Å²) in [6.45, 7) is 4.64. The molecule has 0 saturated carbocycles. The average Bonchev–Trinajstić information content (AvgIpc) is 2.63. The number of hydrogen-bond donors (Lipinski definition) is 1. The normalized spacial score (nSPS) is 10.4. The van der Waals surface area contributed by atoms with Gasteiger partial charge in [-0.1, -0.05) is 31.2 Å². The Hall–Kier alpha value is -2.95. The van der Waals surface area contributed by atoms with Gasteiger partial charge in [-0.2, -0.15) is 0 Å². The average molecular weight is 320 g/mol. The zero-order valence-corrected chi connectivity index (χ0v) is 13.9. The van der Waals surface area contributed by atoms with Crippen LogP contribution in [-0.4, -0.2) is 15.0 Å². The highest BCUT2D eigenvalue weighted by Crippen LogP contribution is 2.26. The van der Waals surface area contributed by atoms with E-state index in [1.54, 1.807) is 6.20 Å². The van der Waals surface area contributed by atoms with Crippen LogP contribution < -0.4 is 10.1 Å². The van der Waals surface area contributed by atoms with Gasteiger partial charge in [-0.3, -0.25) is 0 Å². The van der Waals surface area contributed by atoms with Crippen LogP contribution in [0.1, 0.15) is 23.6 Å². The first kappa shape index (κ1) is 15.9. The van der Waals surface area contributed by atoms with Crippen molar-refractivity contribution in [3.8, 4) is 11.6 Å². The van der Waals surface area contributed by atoms with Gasteiger partial charge in [0.1, 0.15) is 5.75 Å². The number of rotatable bonds is 6. The second-order valence-electron chi connectivity index (χ2n) is 5.46. The van der Waals surface area contributed by atoms with Gasteiger partial charge in [-0.25, -0.2) is 15.0 Å². The highest BCUT2D eigenvalue weighted by Gasteiger charge is 2.08. The fraction of sp³-hybridized carbons (Fsp3) is 0.211. The monoisotopic (exact) mass is 320 g/mol. The van der Waals surface area contributed by atoms with Crippen LogP contribution in [-0.2, 0) is 13.0 Å². The largest absolute Gasteiger partial charge is 0.438 e. The van der Waals surface area contributed by atoms with E-state index in [2.05, 4.69) is 27.2 Å². The molecule has 0 unspecified atom stereocenters. The van der Waals surface area contributed by atoms with Crippen molar-refractivity contribution in [2.75, 3.05) is 5.32 Å². The van der Waals surface area contributed by atoms with Gasteiger partial charge in [0.15, 0.2) is 0 Å². The third-order valence-electron chi connectivity index (χ3n) is 3.70. The summed E-state index contributed by atoms with van der Waals surface area (Å²) in [4.78, 5) is 13.0. The lowest BCUT2D eigenvalue weighted by Gasteiger charge is -2.12. The second kappa shape index (κ2) is 7.55. The standard InChI is InChI=1S/C19H20N4O/c1-3-15-11-21-19(22-12-15)23-13-16-8-6-10-20-18(16)24-17-9-5-4-7-14(17)2/h4-12H,3,13H2,1-2H3,(H,21,22,23). The van der Waals surface area contributed by atoms with Gasteiger partial charge < -0.3 is 10.1 Å². The van der Waals surface area contributed by atoms with Crippen LogP contribution in [0.2, 0.25) is 0 Å². The SMILES string of the molecule is CCc1cnc(NCc2cccnc2Oc2ccccc2C)nc1. The summed E-state index contributed by atoms with van der Waals surface area (Å²) in [6, 6.07) is 11.8. The van der Waals surface area contributed by atoms with E-state index in [1.807, 2.05) is 55.7 Å². The third kappa shape index (κ3) is 3.87. The number of nitrogens with zero attached hydrogens (tertiary/aromatic N) is 3. The number of pyridine rings is 1. The molecular weight excluding hydrogens is 300 g/mol. The van der Waals surface area contributed by atoms with Crippen LogP contribution in [0, 0.1) is 6.92 Å². The molecule has 0 atom stereocenters. The molecule has 2 aromatic heterocycles. The molecule has 0 aliphatic heterocycles. The molecule has 3 rings (SSSR count). The number of aryl methyl sites for hydroxylation is 2. The lowest BCUT2D eigenvalue weighted by Crippen LogP contribution is -2.06. The van der Waals surface area contributed by atoms with Crippen molar-refractivity contribution in [3.63, 3.8) is 0 Å². The van der Waals surface area contributed by atoms with Crippen molar-refractivity contribution < 1.29 is 4.74 Å². The van der Waals surface area contributed by atoms with E-state index in [0.29, 0.717) is 18.4 Å². The van der Waals surface area contributed by atoms with E-state index in [-0.39, 0.29) is 0 Å². The highest BCUT2D eigenvalue weighted by molar-refractivity contribution is 5.38. The number of aromatic nitrogens is 3. The van der Waals surface area contributed by atoms with E-state index in [9.17, 15) is 0 Å². The lowest BCUT2D eigenvalue weighted by atomic mass is 10.2. The van der Waals surface area contributed by atoms with Crippen molar-refractivity contribution in [2.45, 2.75) is 26.8 Å². The molecule has 24 heavy (non-hydrogen) atoms. The number of para-hydroxylation sites is 1. The zero-order valence-electron chi connectivity index (χ0n) is 13.9. The molecule has 0 aliphatic carbocycles. The predicted molar refractivity (Wildman–Crippen MR) is 94.2 cm³/mol. The molecule has 1 aromatic carbocycles. The first-order chi connectivity index (χ1) is 11.8. The number of nitrogens with one attached hydrogen (secondary N) is 1. The zero-order chi connectivity index (χ0) is 16.8. The van der Waals surface area contributed by atoms with Gasteiger partial charge in [0.05, 0.1) is 0 Å². The number of hydrogen-bond acceptors (Lipinski definition) is 5. The lowest BCUT2D eigenvalue weighted by molar-refractivity contribution is 0.453. The Labute approximate surface area is 141 Å². The first-order valence-corrected chi connectivity index (χ1v) is 7.98. The molecule has 5 nitrogen and oxygen atoms in total. The molecule has 0 fully saturated rings. The van der Waals surface area contributed by atoms with E-state index < -0.39 is 0 Å². The summed E-state index contributed by atoms with van der Waals surface area (Å²) in [5, 5.41) is 3.21. The van der Waals surface area contributed by atoms with Crippen molar-refractivity contribution in [2.24, 2.45) is 0 Å². The Kier molecular flexibility index (Phi) is 5.01. The van der Waals surface area contributed by atoms with Crippen molar-refractivity contribution in [3.05, 3.63) is 71.7 Å². The fourth-order valence-corrected chi connectivity index (χ4v) is 2.23. The number of benzene rings is 1. The van der Waals surface area contributed by atoms with E-state index in [4.69, 9.17) is 4.74 Å². The van der Waals surface area contributed by atoms with Crippen molar-refractivity contribution in [1.82, 2.24) is 15.0 Å². The summed E-state index contributed by atoms with van der Waals surface area (Å²) >= 11 is 0. The Bertz CT molecular complexity index is 802. The molecule has 0 amide bonds. The molecule has 0 bridgehead atoms. The second-order valence-corrected chi connectivity index (χ2v) is 5.46. The van der Waals surface area contributed by atoms with Gasteiger partial charge in [0.25, 0.3) is 0 Å². The molecule has 2 heterocycles. The Balaban J connectivity index is 1.73. The molecule has 0 spiro atoms. The van der Waals surface area contributed by atoms with Crippen molar-refractivity contribution in [1.29, 1.82) is 0 Å². The van der Waals surface area contributed by atoms with Gasteiger partial charge in [0, 0.05) is 30.7 Å². The summed E-state index contributed by atoms with van der Waals surface area (Å²) in [5.74, 6) is 1.99. The van der Waals surface area contributed by atoms with Crippen LogP contribution in [0.5, 0.6) is 11.6 Å². The molecule has 0 aliphatic rings. The maximum atomic E-state index is 5.97. The summed E-state index contributed by atoms with van der Waals surface area (Å²) in [6.07, 6.45) is 6.33. The van der Waals surface area contributed by atoms with E-state index in [0.717, 1.165) is 28.9 Å². The minimum absolute atomic E-state index is 0.542. The minimum atomic E-state index is 0.542. The smallest absolute Gasteiger partial charge is 0.224 e. The third-order valence-corrected chi connectivity index (χ3v) is 3.70. The Morgan fingerprint density at radius 2 is 1.79 bits per heavy atom. The molecule has 5 heteroatoms. The topological polar surface area (TPSA) is 59.9 Å². The van der Waals surface area contributed by atoms with Crippen LogP contribution >= 0.6 is 0 Å². The number of anilines is 1. The highest BCUT2D eigenvalue weighted by atomic mass is 16.5. The minimum Gasteiger partial charge on any atom is -0.438 e. The van der Waals surface area contributed by atoms with Crippen LogP contribution in [0.3, 0.4) is 0 Å². The number of ether oxygens (including phenoxy) is 1. The molecule has 122 valence electrons. The summed E-state index contributed by atoms with van der Waals surface area (Å²) in [7, 11) is 0. The Morgan fingerprint density at radius 1 is 1.00 bits per heavy atom. The molecule has 3 aromatic rings.